The van der Waals surface area contributed by atoms with Crippen molar-refractivity contribution in [2.24, 2.45) is 5.73 Å². The highest BCUT2D eigenvalue weighted by molar-refractivity contribution is 5.32. The second-order valence-corrected chi connectivity index (χ2v) is 3.80. The van der Waals surface area contributed by atoms with Crippen molar-refractivity contribution in [1.29, 1.82) is 0 Å². The molecule has 0 saturated heterocycles. The van der Waals surface area contributed by atoms with Crippen molar-refractivity contribution >= 4 is 0 Å². The zero-order chi connectivity index (χ0) is 11.6. The van der Waals surface area contributed by atoms with Gasteiger partial charge in [0.2, 0.25) is 0 Å². The van der Waals surface area contributed by atoms with Crippen molar-refractivity contribution in [1.82, 2.24) is 0 Å². The number of benzene rings is 1. The van der Waals surface area contributed by atoms with Crippen LogP contribution in [0.15, 0.2) is 36.9 Å². The van der Waals surface area contributed by atoms with Crippen LogP contribution >= 0.6 is 0 Å². The Kier molecular flexibility index (Phi) is 6.35. The van der Waals surface area contributed by atoms with Crippen LogP contribution < -0.4 is 10.5 Å². The van der Waals surface area contributed by atoms with E-state index in [1.807, 2.05) is 30.3 Å². The Bertz CT molecular complexity index is 309. The lowest BCUT2D eigenvalue weighted by molar-refractivity contribution is 0.302. The van der Waals surface area contributed by atoms with Crippen LogP contribution in [0.4, 0.5) is 0 Å². The number of para-hydroxylation sites is 1. The van der Waals surface area contributed by atoms with E-state index in [-0.39, 0.29) is 0 Å². The maximum Gasteiger partial charge on any atom is 0.123 e. The molecule has 0 spiro atoms. The summed E-state index contributed by atoms with van der Waals surface area (Å²) in [6.45, 7) is 5.01. The molecule has 0 aliphatic rings. The maximum atomic E-state index is 5.70. The highest BCUT2D eigenvalue weighted by atomic mass is 16.5. The average molecular weight is 219 g/mol. The summed E-state index contributed by atoms with van der Waals surface area (Å²) in [5.74, 6) is 0.925. The van der Waals surface area contributed by atoms with Crippen LogP contribution in [-0.4, -0.2) is 6.61 Å². The molecule has 16 heavy (non-hydrogen) atoms. The second-order valence-electron chi connectivity index (χ2n) is 3.80. The molecule has 0 aliphatic carbocycles. The highest BCUT2D eigenvalue weighted by Crippen LogP contribution is 2.17. The molecule has 2 nitrogen and oxygen atoms in total. The smallest absolute Gasteiger partial charge is 0.123 e. The molecule has 0 fully saturated rings. The average Bonchev–Trinajstić information content (AvgIpc) is 2.34. The molecule has 1 rings (SSSR count). The standard InChI is InChI=1S/C14H21NO/c1-2-3-4-5-8-11-16-14-10-7-6-9-13(14)12-15/h2,6-7,9-10H,1,3-5,8,11-12,15H2. The van der Waals surface area contributed by atoms with Crippen molar-refractivity contribution in [3.8, 4) is 5.75 Å². The summed E-state index contributed by atoms with van der Waals surface area (Å²) in [5, 5.41) is 0. The first-order valence-electron chi connectivity index (χ1n) is 5.90. The molecule has 2 N–H and O–H groups in total. The topological polar surface area (TPSA) is 35.2 Å². The lowest BCUT2D eigenvalue weighted by Gasteiger charge is -2.09. The second kappa shape index (κ2) is 7.94. The first-order valence-corrected chi connectivity index (χ1v) is 5.90. The van der Waals surface area contributed by atoms with Gasteiger partial charge in [0.05, 0.1) is 6.61 Å². The van der Waals surface area contributed by atoms with Gasteiger partial charge in [-0.25, -0.2) is 0 Å². The Labute approximate surface area is 98.1 Å². The summed E-state index contributed by atoms with van der Waals surface area (Å²) >= 11 is 0. The summed E-state index contributed by atoms with van der Waals surface area (Å²) in [5.41, 5.74) is 6.71. The summed E-state index contributed by atoms with van der Waals surface area (Å²) in [6.07, 6.45) is 6.54. The van der Waals surface area contributed by atoms with E-state index in [4.69, 9.17) is 10.5 Å². The molecule has 0 atom stereocenters. The minimum atomic E-state index is 0.534. The Morgan fingerprint density at radius 3 is 2.75 bits per heavy atom. The molecule has 0 radical (unpaired) electrons. The fraction of sp³-hybridized carbons (Fsp3) is 0.429. The van der Waals surface area contributed by atoms with Crippen molar-refractivity contribution < 1.29 is 4.74 Å². The minimum absolute atomic E-state index is 0.534. The summed E-state index contributed by atoms with van der Waals surface area (Å²) < 4.78 is 5.70. The third-order valence-corrected chi connectivity index (χ3v) is 2.50. The van der Waals surface area contributed by atoms with Gasteiger partial charge in [0.25, 0.3) is 0 Å². The maximum absolute atomic E-state index is 5.70. The number of allylic oxidation sites excluding steroid dienone is 1. The summed E-state index contributed by atoms with van der Waals surface area (Å²) in [6, 6.07) is 7.95. The van der Waals surface area contributed by atoms with Gasteiger partial charge in [0.15, 0.2) is 0 Å². The van der Waals surface area contributed by atoms with Crippen molar-refractivity contribution in [2.45, 2.75) is 32.2 Å². The first kappa shape index (κ1) is 12.8. The van der Waals surface area contributed by atoms with Gasteiger partial charge in [0, 0.05) is 12.1 Å². The van der Waals surface area contributed by atoms with Crippen molar-refractivity contribution in [2.75, 3.05) is 6.61 Å². The van der Waals surface area contributed by atoms with E-state index in [0.29, 0.717) is 6.54 Å². The molecule has 0 aromatic heterocycles. The molecule has 1 aromatic carbocycles. The van der Waals surface area contributed by atoms with Gasteiger partial charge >= 0.3 is 0 Å². The predicted octanol–water partition coefficient (Wildman–Crippen LogP) is 3.27. The van der Waals surface area contributed by atoms with Crippen LogP contribution in [0.1, 0.15) is 31.2 Å². The lowest BCUT2D eigenvalue weighted by atomic mass is 10.2. The van der Waals surface area contributed by atoms with E-state index in [2.05, 4.69) is 6.58 Å². The third-order valence-electron chi connectivity index (χ3n) is 2.50. The molecule has 0 amide bonds. The first-order chi connectivity index (χ1) is 7.88. The molecule has 88 valence electrons. The van der Waals surface area contributed by atoms with Crippen LogP contribution in [0.5, 0.6) is 5.75 Å². The third kappa shape index (κ3) is 4.49. The van der Waals surface area contributed by atoms with Gasteiger partial charge in [-0.2, -0.15) is 0 Å². The predicted molar refractivity (Wildman–Crippen MR) is 68.5 cm³/mol. The zero-order valence-electron chi connectivity index (χ0n) is 9.82. The fourth-order valence-corrected chi connectivity index (χ4v) is 1.56. The molecule has 0 aliphatic heterocycles. The number of hydrogen-bond donors (Lipinski definition) is 1. The number of hydrogen-bond acceptors (Lipinski definition) is 2. The quantitative estimate of drug-likeness (QED) is 0.538. The number of nitrogens with two attached hydrogens (primary N) is 1. The molecule has 0 saturated carbocycles. The zero-order valence-corrected chi connectivity index (χ0v) is 9.82. The van der Waals surface area contributed by atoms with Gasteiger partial charge in [-0.1, -0.05) is 24.3 Å². The SMILES string of the molecule is C=CCCCCCOc1ccccc1CN. The van der Waals surface area contributed by atoms with Gasteiger partial charge in [-0.3, -0.25) is 0 Å². The van der Waals surface area contributed by atoms with Crippen molar-refractivity contribution in [3.63, 3.8) is 0 Å². The molecule has 0 heterocycles. The van der Waals surface area contributed by atoms with Gasteiger partial charge < -0.3 is 10.5 Å². The number of ether oxygens (including phenoxy) is 1. The molecule has 2 heteroatoms. The molecule has 1 aromatic rings. The van der Waals surface area contributed by atoms with Gasteiger partial charge in [-0.05, 0) is 31.7 Å². The Hall–Kier alpha value is -1.28. The Morgan fingerprint density at radius 1 is 1.19 bits per heavy atom. The Morgan fingerprint density at radius 2 is 2.00 bits per heavy atom. The van der Waals surface area contributed by atoms with Crippen LogP contribution in [-0.2, 0) is 6.54 Å². The monoisotopic (exact) mass is 219 g/mol. The lowest BCUT2D eigenvalue weighted by Crippen LogP contribution is -2.03. The number of rotatable bonds is 8. The highest BCUT2D eigenvalue weighted by Gasteiger charge is 1.99. The fourth-order valence-electron chi connectivity index (χ4n) is 1.56. The van der Waals surface area contributed by atoms with Crippen LogP contribution in [0.25, 0.3) is 0 Å². The molecule has 0 unspecified atom stereocenters. The van der Waals surface area contributed by atoms with Gasteiger partial charge in [-0.15, -0.1) is 6.58 Å². The largest absolute Gasteiger partial charge is 0.493 e. The van der Waals surface area contributed by atoms with E-state index in [0.717, 1.165) is 30.8 Å². The summed E-state index contributed by atoms with van der Waals surface area (Å²) in [4.78, 5) is 0. The number of unbranched alkanes of at least 4 members (excludes halogenated alkanes) is 3. The van der Waals surface area contributed by atoms with E-state index < -0.39 is 0 Å². The normalized spacial score (nSPS) is 10.1. The van der Waals surface area contributed by atoms with E-state index in [9.17, 15) is 0 Å². The molecular formula is C14H21NO. The Balaban J connectivity index is 2.23. The molecule has 0 bridgehead atoms. The van der Waals surface area contributed by atoms with Crippen molar-refractivity contribution in [3.05, 3.63) is 42.5 Å². The summed E-state index contributed by atoms with van der Waals surface area (Å²) in [7, 11) is 0. The molecular weight excluding hydrogens is 198 g/mol. The van der Waals surface area contributed by atoms with Crippen LogP contribution in [0, 0.1) is 0 Å². The van der Waals surface area contributed by atoms with E-state index in [1.54, 1.807) is 0 Å². The van der Waals surface area contributed by atoms with E-state index in [1.165, 1.54) is 12.8 Å². The van der Waals surface area contributed by atoms with Gasteiger partial charge in [0.1, 0.15) is 5.75 Å². The van der Waals surface area contributed by atoms with E-state index >= 15 is 0 Å². The van der Waals surface area contributed by atoms with Crippen LogP contribution in [0.2, 0.25) is 0 Å². The minimum Gasteiger partial charge on any atom is -0.493 e. The van der Waals surface area contributed by atoms with Crippen LogP contribution in [0.3, 0.4) is 0 Å².